The lowest BCUT2D eigenvalue weighted by molar-refractivity contribution is -0.140. The molecule has 2 saturated carbocycles. The monoisotopic (exact) mass is 182 g/mol. The summed E-state index contributed by atoms with van der Waals surface area (Å²) in [5.74, 6) is 2.45. The summed E-state index contributed by atoms with van der Waals surface area (Å²) in [5, 5.41) is 8.69. The molecule has 0 aromatic rings. The molecule has 1 N–H and O–H groups in total. The topological polar surface area (TPSA) is 37.3 Å². The molecule has 0 heterocycles. The Morgan fingerprint density at radius 1 is 1.38 bits per heavy atom. The van der Waals surface area contributed by atoms with Gasteiger partial charge in [-0.15, -0.1) is 0 Å². The summed E-state index contributed by atoms with van der Waals surface area (Å²) < 4.78 is 0. The SMILES string of the molecule is CCC1CC2C(CC(=O)O)C[C@H]2C1. The smallest absolute Gasteiger partial charge is 0.303 e. The van der Waals surface area contributed by atoms with Gasteiger partial charge in [0.2, 0.25) is 0 Å². The van der Waals surface area contributed by atoms with Crippen LogP contribution in [0.1, 0.15) is 39.0 Å². The highest BCUT2D eigenvalue weighted by molar-refractivity contribution is 5.67. The minimum atomic E-state index is -0.608. The highest BCUT2D eigenvalue weighted by Gasteiger charge is 2.47. The van der Waals surface area contributed by atoms with Crippen LogP contribution < -0.4 is 0 Å². The van der Waals surface area contributed by atoms with Crippen molar-refractivity contribution >= 4 is 5.97 Å². The normalized spacial score (nSPS) is 42.5. The van der Waals surface area contributed by atoms with Crippen LogP contribution in [0, 0.1) is 23.7 Å². The molecule has 2 fully saturated rings. The molecule has 4 atom stereocenters. The molecule has 0 spiro atoms. The van der Waals surface area contributed by atoms with Crippen LogP contribution in [0.4, 0.5) is 0 Å². The number of rotatable bonds is 3. The molecule has 2 aliphatic carbocycles. The minimum Gasteiger partial charge on any atom is -0.481 e. The minimum absolute atomic E-state index is 0.414. The Morgan fingerprint density at radius 3 is 2.77 bits per heavy atom. The number of carboxylic acid groups (broad SMARTS) is 1. The molecule has 0 amide bonds. The zero-order valence-electron chi connectivity index (χ0n) is 8.20. The average Bonchev–Trinajstić information content (AvgIpc) is 2.38. The number of fused-ring (bicyclic) bond motifs is 1. The Kier molecular flexibility index (Phi) is 2.31. The van der Waals surface area contributed by atoms with Gasteiger partial charge in [0.05, 0.1) is 0 Å². The Bertz CT molecular complexity index is 212. The lowest BCUT2D eigenvalue weighted by atomic mass is 9.65. The van der Waals surface area contributed by atoms with E-state index in [0.717, 1.165) is 17.8 Å². The van der Waals surface area contributed by atoms with Crippen molar-refractivity contribution in [2.75, 3.05) is 0 Å². The van der Waals surface area contributed by atoms with Gasteiger partial charge in [-0.3, -0.25) is 4.79 Å². The van der Waals surface area contributed by atoms with E-state index in [4.69, 9.17) is 5.11 Å². The molecule has 0 aromatic carbocycles. The fourth-order valence-electron chi connectivity index (χ4n) is 3.29. The fraction of sp³-hybridized carbons (Fsp3) is 0.909. The summed E-state index contributed by atoms with van der Waals surface area (Å²) in [6, 6.07) is 0. The molecule has 0 saturated heterocycles. The van der Waals surface area contributed by atoms with Gasteiger partial charge in [0.15, 0.2) is 0 Å². The number of aliphatic carboxylic acids is 1. The number of hydrogen-bond acceptors (Lipinski definition) is 1. The van der Waals surface area contributed by atoms with E-state index >= 15 is 0 Å². The summed E-state index contributed by atoms with van der Waals surface area (Å²) >= 11 is 0. The maximum Gasteiger partial charge on any atom is 0.303 e. The largest absolute Gasteiger partial charge is 0.481 e. The van der Waals surface area contributed by atoms with Crippen molar-refractivity contribution in [3.8, 4) is 0 Å². The fourth-order valence-corrected chi connectivity index (χ4v) is 3.29. The first kappa shape index (κ1) is 9.04. The standard InChI is InChI=1S/C11H18O2/c1-2-7-3-8-5-9(6-11(12)13)10(8)4-7/h7-10H,2-6H2,1H3,(H,12,13)/t7?,8-,9?,10?/m1/s1. The highest BCUT2D eigenvalue weighted by Crippen LogP contribution is 2.55. The van der Waals surface area contributed by atoms with Gasteiger partial charge in [0.1, 0.15) is 0 Å². The van der Waals surface area contributed by atoms with E-state index in [-0.39, 0.29) is 0 Å². The van der Waals surface area contributed by atoms with E-state index in [1.54, 1.807) is 0 Å². The third-order valence-corrected chi connectivity index (χ3v) is 4.07. The lowest BCUT2D eigenvalue weighted by Crippen LogP contribution is -2.33. The van der Waals surface area contributed by atoms with Crippen molar-refractivity contribution in [2.45, 2.75) is 39.0 Å². The maximum atomic E-state index is 10.5. The summed E-state index contributed by atoms with van der Waals surface area (Å²) in [4.78, 5) is 10.5. The van der Waals surface area contributed by atoms with Crippen LogP contribution in [-0.2, 0) is 4.79 Å². The van der Waals surface area contributed by atoms with Gasteiger partial charge in [0, 0.05) is 6.42 Å². The van der Waals surface area contributed by atoms with Gasteiger partial charge in [-0.1, -0.05) is 13.3 Å². The Morgan fingerprint density at radius 2 is 2.15 bits per heavy atom. The van der Waals surface area contributed by atoms with Gasteiger partial charge in [-0.25, -0.2) is 0 Å². The molecular formula is C11H18O2. The van der Waals surface area contributed by atoms with Crippen LogP contribution in [0.15, 0.2) is 0 Å². The Labute approximate surface area is 79.3 Å². The van der Waals surface area contributed by atoms with Crippen LogP contribution in [0.2, 0.25) is 0 Å². The summed E-state index contributed by atoms with van der Waals surface area (Å²) in [5.41, 5.74) is 0. The number of hydrogen-bond donors (Lipinski definition) is 1. The molecule has 0 aromatic heterocycles. The van der Waals surface area contributed by atoms with Crippen LogP contribution in [-0.4, -0.2) is 11.1 Å². The van der Waals surface area contributed by atoms with Gasteiger partial charge in [-0.05, 0) is 42.9 Å². The van der Waals surface area contributed by atoms with E-state index < -0.39 is 5.97 Å². The first-order valence-corrected chi connectivity index (χ1v) is 5.42. The van der Waals surface area contributed by atoms with Crippen molar-refractivity contribution in [3.05, 3.63) is 0 Å². The van der Waals surface area contributed by atoms with E-state index in [9.17, 15) is 4.79 Å². The highest BCUT2D eigenvalue weighted by atomic mass is 16.4. The predicted octanol–water partition coefficient (Wildman–Crippen LogP) is 2.53. The van der Waals surface area contributed by atoms with Gasteiger partial charge >= 0.3 is 5.97 Å². The lowest BCUT2D eigenvalue weighted by Gasteiger charge is -2.39. The molecule has 13 heavy (non-hydrogen) atoms. The number of carbonyl (C=O) groups is 1. The Hall–Kier alpha value is -0.530. The molecule has 2 heteroatoms. The second kappa shape index (κ2) is 3.32. The molecule has 2 aliphatic rings. The quantitative estimate of drug-likeness (QED) is 0.728. The molecule has 2 rings (SSSR count). The van der Waals surface area contributed by atoms with Gasteiger partial charge < -0.3 is 5.11 Å². The second-order valence-corrected chi connectivity index (χ2v) is 4.76. The van der Waals surface area contributed by atoms with Gasteiger partial charge in [0.25, 0.3) is 0 Å². The van der Waals surface area contributed by atoms with Crippen molar-refractivity contribution < 1.29 is 9.90 Å². The van der Waals surface area contributed by atoms with Crippen LogP contribution in [0.5, 0.6) is 0 Å². The molecular weight excluding hydrogens is 164 g/mol. The first-order chi connectivity index (χ1) is 6.20. The first-order valence-electron chi connectivity index (χ1n) is 5.42. The van der Waals surface area contributed by atoms with E-state index in [0.29, 0.717) is 12.3 Å². The molecule has 0 radical (unpaired) electrons. The molecule has 2 nitrogen and oxygen atoms in total. The zero-order chi connectivity index (χ0) is 9.42. The van der Waals surface area contributed by atoms with E-state index in [2.05, 4.69) is 6.92 Å². The average molecular weight is 182 g/mol. The molecule has 0 bridgehead atoms. The summed E-state index contributed by atoms with van der Waals surface area (Å²) in [6.45, 7) is 2.25. The predicted molar refractivity (Wildman–Crippen MR) is 50.4 cm³/mol. The van der Waals surface area contributed by atoms with Crippen LogP contribution in [0.25, 0.3) is 0 Å². The third-order valence-electron chi connectivity index (χ3n) is 4.07. The second-order valence-electron chi connectivity index (χ2n) is 4.76. The van der Waals surface area contributed by atoms with Crippen LogP contribution in [0.3, 0.4) is 0 Å². The van der Waals surface area contributed by atoms with Crippen molar-refractivity contribution in [1.29, 1.82) is 0 Å². The summed E-state index contributed by atoms with van der Waals surface area (Å²) in [6.07, 6.45) is 5.56. The van der Waals surface area contributed by atoms with Crippen molar-refractivity contribution in [2.24, 2.45) is 23.7 Å². The zero-order valence-corrected chi connectivity index (χ0v) is 8.20. The van der Waals surface area contributed by atoms with Crippen LogP contribution >= 0.6 is 0 Å². The third kappa shape index (κ3) is 1.59. The van der Waals surface area contributed by atoms with E-state index in [1.807, 2.05) is 0 Å². The maximum absolute atomic E-state index is 10.5. The van der Waals surface area contributed by atoms with Crippen molar-refractivity contribution in [1.82, 2.24) is 0 Å². The number of carboxylic acids is 1. The van der Waals surface area contributed by atoms with Gasteiger partial charge in [-0.2, -0.15) is 0 Å². The molecule has 3 unspecified atom stereocenters. The Balaban J connectivity index is 1.85. The molecule has 74 valence electrons. The summed E-state index contributed by atoms with van der Waals surface area (Å²) in [7, 11) is 0. The molecule has 0 aliphatic heterocycles. The van der Waals surface area contributed by atoms with Crippen molar-refractivity contribution in [3.63, 3.8) is 0 Å². The van der Waals surface area contributed by atoms with E-state index in [1.165, 1.54) is 25.7 Å².